The van der Waals surface area contributed by atoms with E-state index in [1.54, 1.807) is 0 Å². The summed E-state index contributed by atoms with van der Waals surface area (Å²) in [4.78, 5) is 6.14. The van der Waals surface area contributed by atoms with Gasteiger partial charge in [-0.15, -0.1) is 0 Å². The molecule has 1 saturated heterocycles. The molecule has 1 aliphatic rings. The van der Waals surface area contributed by atoms with Gasteiger partial charge in [0.05, 0.1) is 18.3 Å². The van der Waals surface area contributed by atoms with E-state index in [-0.39, 0.29) is 12.3 Å². The Bertz CT molecular complexity index is 824. The maximum absolute atomic E-state index is 6.14. The van der Waals surface area contributed by atoms with Gasteiger partial charge in [0, 0.05) is 11.4 Å². The molecule has 1 aliphatic heterocycles. The molecule has 0 aliphatic carbocycles. The molecule has 1 heterocycles. The Morgan fingerprint density at radius 3 is 2.23 bits per heavy atom. The predicted octanol–water partition coefficient (Wildman–Crippen LogP) is 5.77. The molecular formula is C22H20ClNO2. The van der Waals surface area contributed by atoms with Crippen LogP contribution >= 0.6 is 11.6 Å². The van der Waals surface area contributed by atoms with Crippen molar-refractivity contribution in [2.45, 2.75) is 25.4 Å². The monoisotopic (exact) mass is 365 g/mol. The van der Waals surface area contributed by atoms with Crippen LogP contribution in [-0.2, 0) is 16.2 Å². The highest BCUT2D eigenvalue weighted by Gasteiger charge is 2.35. The molecule has 0 saturated carbocycles. The average molecular weight is 366 g/mol. The third-order valence-electron chi connectivity index (χ3n) is 4.47. The minimum absolute atomic E-state index is 0.0791. The third kappa shape index (κ3) is 3.91. The summed E-state index contributed by atoms with van der Waals surface area (Å²) in [6.07, 6.45) is 0.458. The second-order valence-electron chi connectivity index (χ2n) is 6.30. The first kappa shape index (κ1) is 17.1. The van der Waals surface area contributed by atoms with Gasteiger partial charge in [-0.05, 0) is 35.4 Å². The molecule has 0 aromatic heterocycles. The number of para-hydroxylation sites is 1. The van der Waals surface area contributed by atoms with Crippen LogP contribution in [0, 0.1) is 0 Å². The van der Waals surface area contributed by atoms with Crippen molar-refractivity contribution in [3.8, 4) is 0 Å². The molecular weight excluding hydrogens is 346 g/mol. The summed E-state index contributed by atoms with van der Waals surface area (Å²) in [6.45, 7) is 0.529. The SMILES string of the molecule is Clc1ccc([C@H]2C[C@@H](OCc3ccccc3)ON2c2ccccc2)cc1. The van der Waals surface area contributed by atoms with E-state index in [4.69, 9.17) is 21.2 Å². The molecule has 3 aromatic rings. The van der Waals surface area contributed by atoms with Gasteiger partial charge in [0.1, 0.15) is 0 Å². The van der Waals surface area contributed by atoms with Gasteiger partial charge in [-0.1, -0.05) is 72.3 Å². The quantitative estimate of drug-likeness (QED) is 0.573. The lowest BCUT2D eigenvalue weighted by molar-refractivity contribution is -0.126. The van der Waals surface area contributed by atoms with Crippen LogP contribution in [0.5, 0.6) is 0 Å². The molecule has 3 nitrogen and oxygen atoms in total. The Balaban J connectivity index is 1.53. The average Bonchev–Trinajstić information content (AvgIpc) is 3.13. The van der Waals surface area contributed by atoms with Crippen LogP contribution in [0.2, 0.25) is 5.02 Å². The van der Waals surface area contributed by atoms with Gasteiger partial charge in [-0.3, -0.25) is 0 Å². The summed E-state index contributed by atoms with van der Waals surface area (Å²) in [5, 5.41) is 2.68. The van der Waals surface area contributed by atoms with Crippen molar-refractivity contribution >= 4 is 17.3 Å². The molecule has 26 heavy (non-hydrogen) atoms. The van der Waals surface area contributed by atoms with Crippen molar-refractivity contribution in [3.63, 3.8) is 0 Å². The van der Waals surface area contributed by atoms with Crippen molar-refractivity contribution in [1.29, 1.82) is 0 Å². The summed E-state index contributed by atoms with van der Waals surface area (Å²) in [5.74, 6) is 0. The highest BCUT2D eigenvalue weighted by molar-refractivity contribution is 6.30. The van der Waals surface area contributed by atoms with Crippen molar-refractivity contribution in [2.24, 2.45) is 0 Å². The first-order valence-electron chi connectivity index (χ1n) is 8.71. The number of ether oxygens (including phenoxy) is 1. The fourth-order valence-corrected chi connectivity index (χ4v) is 3.28. The van der Waals surface area contributed by atoms with Crippen LogP contribution in [0.1, 0.15) is 23.6 Å². The standard InChI is InChI=1S/C22H20ClNO2/c23-19-13-11-18(12-14-19)21-15-22(25-16-17-7-3-1-4-8-17)26-24(21)20-9-5-2-6-10-20/h1-14,21-22H,15-16H2/t21-,22+/m1/s1. The Morgan fingerprint density at radius 2 is 1.54 bits per heavy atom. The maximum atomic E-state index is 6.14. The molecule has 0 N–H and O–H groups in total. The fourth-order valence-electron chi connectivity index (χ4n) is 3.16. The number of rotatable bonds is 5. The molecule has 0 unspecified atom stereocenters. The van der Waals surface area contributed by atoms with Gasteiger partial charge in [0.15, 0.2) is 6.29 Å². The molecule has 0 radical (unpaired) electrons. The van der Waals surface area contributed by atoms with E-state index in [0.29, 0.717) is 6.61 Å². The van der Waals surface area contributed by atoms with E-state index in [1.165, 1.54) is 0 Å². The van der Waals surface area contributed by atoms with Crippen LogP contribution < -0.4 is 5.06 Å². The van der Waals surface area contributed by atoms with Crippen LogP contribution in [0.3, 0.4) is 0 Å². The van der Waals surface area contributed by atoms with Crippen LogP contribution in [0.25, 0.3) is 0 Å². The van der Waals surface area contributed by atoms with Crippen molar-refractivity contribution in [1.82, 2.24) is 0 Å². The lowest BCUT2D eigenvalue weighted by Crippen LogP contribution is -2.22. The Labute approximate surface area is 158 Å². The number of benzene rings is 3. The van der Waals surface area contributed by atoms with E-state index in [1.807, 2.05) is 77.9 Å². The summed E-state index contributed by atoms with van der Waals surface area (Å²) >= 11 is 6.05. The lowest BCUT2D eigenvalue weighted by atomic mass is 10.0. The van der Waals surface area contributed by atoms with Gasteiger partial charge >= 0.3 is 0 Å². The van der Waals surface area contributed by atoms with Crippen molar-refractivity contribution < 1.29 is 9.57 Å². The fraction of sp³-hybridized carbons (Fsp3) is 0.182. The minimum atomic E-state index is -0.295. The molecule has 0 bridgehead atoms. The van der Waals surface area contributed by atoms with Crippen LogP contribution in [0.15, 0.2) is 84.9 Å². The topological polar surface area (TPSA) is 21.7 Å². The molecule has 1 fully saturated rings. The first-order valence-corrected chi connectivity index (χ1v) is 9.09. The summed E-state index contributed by atoms with van der Waals surface area (Å²) < 4.78 is 6.03. The lowest BCUT2D eigenvalue weighted by Gasteiger charge is -2.24. The zero-order valence-electron chi connectivity index (χ0n) is 14.3. The molecule has 132 valence electrons. The smallest absolute Gasteiger partial charge is 0.186 e. The number of nitrogens with zero attached hydrogens (tertiary/aromatic N) is 1. The Hall–Kier alpha value is -2.33. The number of halogens is 1. The number of hydrogen-bond donors (Lipinski definition) is 0. The summed E-state index contributed by atoms with van der Waals surface area (Å²) in [7, 11) is 0. The van der Waals surface area contributed by atoms with E-state index in [0.717, 1.165) is 28.3 Å². The first-order chi connectivity index (χ1) is 12.8. The second kappa shape index (κ2) is 7.92. The molecule has 4 rings (SSSR count). The van der Waals surface area contributed by atoms with E-state index < -0.39 is 0 Å². The molecule has 3 aromatic carbocycles. The van der Waals surface area contributed by atoms with E-state index >= 15 is 0 Å². The second-order valence-corrected chi connectivity index (χ2v) is 6.73. The zero-order chi connectivity index (χ0) is 17.8. The molecule has 4 heteroatoms. The van der Waals surface area contributed by atoms with Crippen LogP contribution in [0.4, 0.5) is 5.69 Å². The number of hydroxylamine groups is 1. The van der Waals surface area contributed by atoms with Gasteiger partial charge in [-0.25, -0.2) is 9.90 Å². The van der Waals surface area contributed by atoms with E-state index in [9.17, 15) is 0 Å². The minimum Gasteiger partial charge on any atom is -0.345 e. The van der Waals surface area contributed by atoms with Gasteiger partial charge < -0.3 is 4.74 Å². The van der Waals surface area contributed by atoms with E-state index in [2.05, 4.69) is 12.1 Å². The summed E-state index contributed by atoms with van der Waals surface area (Å²) in [6, 6.07) is 28.3. The number of hydrogen-bond acceptors (Lipinski definition) is 3. The van der Waals surface area contributed by atoms with Crippen molar-refractivity contribution in [2.75, 3.05) is 5.06 Å². The highest BCUT2D eigenvalue weighted by Crippen LogP contribution is 2.38. The molecule has 2 atom stereocenters. The Morgan fingerprint density at radius 1 is 0.885 bits per heavy atom. The third-order valence-corrected chi connectivity index (χ3v) is 4.73. The Kier molecular flexibility index (Phi) is 5.21. The van der Waals surface area contributed by atoms with Crippen LogP contribution in [-0.4, -0.2) is 6.29 Å². The normalized spacial score (nSPS) is 19.7. The largest absolute Gasteiger partial charge is 0.345 e. The van der Waals surface area contributed by atoms with Gasteiger partial charge in [0.25, 0.3) is 0 Å². The van der Waals surface area contributed by atoms with Crippen molar-refractivity contribution in [3.05, 3.63) is 101 Å². The predicted molar refractivity (Wildman–Crippen MR) is 104 cm³/mol. The van der Waals surface area contributed by atoms with Gasteiger partial charge in [-0.2, -0.15) is 0 Å². The summed E-state index contributed by atoms with van der Waals surface area (Å²) in [5.41, 5.74) is 3.31. The zero-order valence-corrected chi connectivity index (χ0v) is 15.0. The van der Waals surface area contributed by atoms with Gasteiger partial charge in [0.2, 0.25) is 0 Å². The number of anilines is 1. The maximum Gasteiger partial charge on any atom is 0.186 e. The highest BCUT2D eigenvalue weighted by atomic mass is 35.5. The molecule has 0 amide bonds. The molecule has 0 spiro atoms.